The molecule has 0 spiro atoms. The van der Waals surface area contributed by atoms with Gasteiger partial charge in [-0.1, -0.05) is 37.9 Å². The van der Waals surface area contributed by atoms with Crippen LogP contribution in [0.15, 0.2) is 39.3 Å². The molecule has 0 radical (unpaired) electrons. The lowest BCUT2D eigenvalue weighted by atomic mass is 10.2. The Morgan fingerprint density at radius 3 is 2.69 bits per heavy atom. The van der Waals surface area contributed by atoms with Gasteiger partial charge in [-0.15, -0.1) is 11.3 Å². The summed E-state index contributed by atoms with van der Waals surface area (Å²) in [5.41, 5.74) is 1.25. The van der Waals surface area contributed by atoms with E-state index in [1.807, 2.05) is 18.4 Å². The quantitative estimate of drug-likeness (QED) is 0.839. The normalized spacial score (nSPS) is 10.7. The highest BCUT2D eigenvalue weighted by atomic mass is 79.9. The minimum atomic E-state index is 0.929. The molecule has 0 aliphatic rings. The number of rotatable bonds is 3. The minimum Gasteiger partial charge on any atom is -0.315 e. The van der Waals surface area contributed by atoms with Gasteiger partial charge in [0.1, 0.15) is 0 Å². The first-order chi connectivity index (χ1) is 7.70. The van der Waals surface area contributed by atoms with Crippen LogP contribution in [-0.4, -0.2) is 7.05 Å². The summed E-state index contributed by atoms with van der Waals surface area (Å²) in [4.78, 5) is 2.65. The van der Waals surface area contributed by atoms with Gasteiger partial charge in [0.2, 0.25) is 0 Å². The Labute approximate surface area is 116 Å². The van der Waals surface area contributed by atoms with Gasteiger partial charge in [0, 0.05) is 30.8 Å². The van der Waals surface area contributed by atoms with Crippen molar-refractivity contribution in [3.8, 4) is 10.4 Å². The lowest BCUT2D eigenvalue weighted by Crippen LogP contribution is -2.02. The molecule has 16 heavy (non-hydrogen) atoms. The van der Waals surface area contributed by atoms with E-state index in [1.165, 1.54) is 15.3 Å². The summed E-state index contributed by atoms with van der Waals surface area (Å²) in [6, 6.07) is 10.6. The van der Waals surface area contributed by atoms with Crippen molar-refractivity contribution in [1.82, 2.24) is 5.32 Å². The van der Waals surface area contributed by atoms with E-state index in [2.05, 4.69) is 67.5 Å². The van der Waals surface area contributed by atoms with Crippen LogP contribution < -0.4 is 5.32 Å². The predicted octanol–water partition coefficient (Wildman–Crippen LogP) is 4.66. The standard InChI is InChI=1S/C12H11Br2NS/c1-15-7-9-3-5-12(16-9)10-4-2-8(13)6-11(10)14/h2-6,15H,7H2,1H3. The van der Waals surface area contributed by atoms with Gasteiger partial charge >= 0.3 is 0 Å². The van der Waals surface area contributed by atoms with Crippen molar-refractivity contribution in [2.75, 3.05) is 7.05 Å². The smallest absolute Gasteiger partial charge is 0.0357 e. The zero-order valence-corrected chi connectivity index (χ0v) is 12.7. The van der Waals surface area contributed by atoms with Gasteiger partial charge in [0.25, 0.3) is 0 Å². The minimum absolute atomic E-state index is 0.929. The van der Waals surface area contributed by atoms with Crippen molar-refractivity contribution >= 4 is 43.2 Å². The van der Waals surface area contributed by atoms with E-state index in [-0.39, 0.29) is 0 Å². The molecule has 1 N–H and O–H groups in total. The molecule has 0 aliphatic heterocycles. The largest absolute Gasteiger partial charge is 0.315 e. The monoisotopic (exact) mass is 359 g/mol. The second-order valence-corrected chi connectivity index (χ2v) is 6.36. The van der Waals surface area contributed by atoms with E-state index in [0.717, 1.165) is 15.5 Å². The van der Waals surface area contributed by atoms with Crippen molar-refractivity contribution in [1.29, 1.82) is 0 Å². The molecule has 0 saturated heterocycles. The van der Waals surface area contributed by atoms with Gasteiger partial charge < -0.3 is 5.32 Å². The zero-order chi connectivity index (χ0) is 11.5. The first kappa shape index (κ1) is 12.3. The van der Waals surface area contributed by atoms with Crippen LogP contribution in [0.3, 0.4) is 0 Å². The molecule has 0 fully saturated rings. The van der Waals surface area contributed by atoms with Gasteiger partial charge in [0.05, 0.1) is 0 Å². The molecule has 0 bridgehead atoms. The third kappa shape index (κ3) is 2.74. The lowest BCUT2D eigenvalue weighted by molar-refractivity contribution is 0.831. The summed E-state index contributed by atoms with van der Waals surface area (Å²) in [7, 11) is 1.97. The van der Waals surface area contributed by atoms with Crippen LogP contribution in [0.1, 0.15) is 4.88 Å². The molecule has 1 aromatic carbocycles. The highest BCUT2D eigenvalue weighted by Gasteiger charge is 2.06. The Kier molecular flexibility index (Phi) is 4.19. The fourth-order valence-corrected chi connectivity index (χ4v) is 3.93. The van der Waals surface area contributed by atoms with E-state index in [4.69, 9.17) is 0 Å². The van der Waals surface area contributed by atoms with Gasteiger partial charge in [-0.2, -0.15) is 0 Å². The van der Waals surface area contributed by atoms with E-state index < -0.39 is 0 Å². The van der Waals surface area contributed by atoms with Crippen molar-refractivity contribution in [2.45, 2.75) is 6.54 Å². The van der Waals surface area contributed by atoms with Crippen LogP contribution >= 0.6 is 43.2 Å². The van der Waals surface area contributed by atoms with Gasteiger partial charge in [-0.25, -0.2) is 0 Å². The van der Waals surface area contributed by atoms with Crippen LogP contribution in [0.4, 0.5) is 0 Å². The van der Waals surface area contributed by atoms with Gasteiger partial charge in [-0.05, 0) is 31.3 Å². The number of nitrogens with one attached hydrogen (secondary N) is 1. The number of hydrogen-bond acceptors (Lipinski definition) is 2. The molecule has 0 aliphatic carbocycles. The third-order valence-electron chi connectivity index (χ3n) is 2.21. The van der Waals surface area contributed by atoms with Crippen LogP contribution in [-0.2, 0) is 6.54 Å². The molecule has 2 rings (SSSR count). The lowest BCUT2D eigenvalue weighted by Gasteiger charge is -2.02. The average molecular weight is 361 g/mol. The first-order valence-electron chi connectivity index (χ1n) is 4.89. The van der Waals surface area contributed by atoms with E-state index in [0.29, 0.717) is 0 Å². The second-order valence-electron chi connectivity index (χ2n) is 3.42. The summed E-state index contributed by atoms with van der Waals surface area (Å²) in [5, 5.41) is 3.16. The first-order valence-corrected chi connectivity index (χ1v) is 7.29. The highest BCUT2D eigenvalue weighted by molar-refractivity contribution is 9.11. The summed E-state index contributed by atoms with van der Waals surface area (Å²) in [5.74, 6) is 0. The fraction of sp³-hybridized carbons (Fsp3) is 0.167. The molecule has 0 saturated carbocycles. The summed E-state index contributed by atoms with van der Waals surface area (Å²) in [6.07, 6.45) is 0. The Morgan fingerprint density at radius 1 is 1.19 bits per heavy atom. The molecule has 1 heterocycles. The van der Waals surface area contributed by atoms with Crippen LogP contribution in [0.2, 0.25) is 0 Å². The van der Waals surface area contributed by atoms with Crippen molar-refractivity contribution < 1.29 is 0 Å². The average Bonchev–Trinajstić information content (AvgIpc) is 2.67. The molecule has 0 atom stereocenters. The van der Waals surface area contributed by atoms with Crippen molar-refractivity contribution in [3.63, 3.8) is 0 Å². The van der Waals surface area contributed by atoms with Gasteiger partial charge in [0.15, 0.2) is 0 Å². The van der Waals surface area contributed by atoms with Crippen molar-refractivity contribution in [3.05, 3.63) is 44.2 Å². The Bertz CT molecular complexity index is 494. The number of hydrogen-bond donors (Lipinski definition) is 1. The molecular formula is C12H11Br2NS. The maximum atomic E-state index is 3.59. The van der Waals surface area contributed by atoms with E-state index in [1.54, 1.807) is 0 Å². The van der Waals surface area contributed by atoms with Crippen molar-refractivity contribution in [2.24, 2.45) is 0 Å². The summed E-state index contributed by atoms with van der Waals surface area (Å²) < 4.78 is 2.22. The predicted molar refractivity (Wildman–Crippen MR) is 77.9 cm³/mol. The zero-order valence-electron chi connectivity index (χ0n) is 8.76. The Hall–Kier alpha value is -0.160. The number of thiophene rings is 1. The van der Waals surface area contributed by atoms with Crippen LogP contribution in [0, 0.1) is 0 Å². The summed E-state index contributed by atoms with van der Waals surface area (Å²) in [6.45, 7) is 0.929. The summed E-state index contributed by atoms with van der Waals surface area (Å²) >= 11 is 8.88. The second kappa shape index (κ2) is 5.45. The number of benzene rings is 1. The SMILES string of the molecule is CNCc1ccc(-c2ccc(Br)cc2Br)s1. The fourth-order valence-electron chi connectivity index (χ4n) is 1.48. The Morgan fingerprint density at radius 2 is 2.00 bits per heavy atom. The number of halogens is 2. The molecule has 0 unspecified atom stereocenters. The molecule has 0 amide bonds. The molecule has 2 aromatic rings. The molecule has 4 heteroatoms. The highest BCUT2D eigenvalue weighted by Crippen LogP contribution is 2.35. The van der Waals surface area contributed by atoms with E-state index >= 15 is 0 Å². The Balaban J connectivity index is 2.35. The van der Waals surface area contributed by atoms with E-state index in [9.17, 15) is 0 Å². The van der Waals surface area contributed by atoms with Gasteiger partial charge in [-0.3, -0.25) is 0 Å². The molecule has 1 aromatic heterocycles. The van der Waals surface area contributed by atoms with Crippen LogP contribution in [0.25, 0.3) is 10.4 Å². The maximum absolute atomic E-state index is 3.59. The topological polar surface area (TPSA) is 12.0 Å². The molecule has 84 valence electrons. The molecule has 1 nitrogen and oxygen atoms in total. The maximum Gasteiger partial charge on any atom is 0.0357 e. The molecular weight excluding hydrogens is 350 g/mol. The van der Waals surface area contributed by atoms with Crippen LogP contribution in [0.5, 0.6) is 0 Å². The third-order valence-corrected chi connectivity index (χ3v) is 4.48.